The molecule has 0 spiro atoms. The van der Waals surface area contributed by atoms with Gasteiger partial charge in [0, 0.05) is 30.3 Å². The number of urea groups is 1. The molecule has 1 atom stereocenters. The molecule has 0 aliphatic carbocycles. The number of carbonyl (C=O) groups is 1. The Morgan fingerprint density at radius 3 is 2.81 bits per heavy atom. The number of anilines is 1. The summed E-state index contributed by atoms with van der Waals surface area (Å²) < 4.78 is 16.5. The molecule has 0 saturated carbocycles. The van der Waals surface area contributed by atoms with Crippen LogP contribution in [0.4, 0.5) is 10.5 Å². The molecule has 1 N–H and O–H groups in total. The fourth-order valence-electron chi connectivity index (χ4n) is 3.37. The monoisotopic (exact) mass is 357 g/mol. The Morgan fingerprint density at radius 2 is 2.04 bits per heavy atom. The van der Waals surface area contributed by atoms with E-state index in [9.17, 15) is 4.79 Å². The van der Waals surface area contributed by atoms with Crippen LogP contribution >= 0.6 is 0 Å². The first-order valence-electron chi connectivity index (χ1n) is 9.05. The number of rotatable bonds is 3. The molecule has 0 unspecified atom stereocenters. The number of hydrogen-bond donors (Lipinski definition) is 1. The second kappa shape index (κ2) is 6.90. The van der Waals surface area contributed by atoms with Gasteiger partial charge in [-0.2, -0.15) is 0 Å². The van der Waals surface area contributed by atoms with E-state index in [2.05, 4.69) is 24.3 Å². The average Bonchev–Trinajstić information content (AvgIpc) is 3.30. The SMILES string of the molecule is CC(C)c1cc([C@H]2CCCN2C(=O)Nc2ccc3c(c2)OCCO3)no1. The molecule has 0 radical (unpaired) electrons. The van der Waals surface area contributed by atoms with Crippen LogP contribution in [0.2, 0.25) is 0 Å². The Hall–Kier alpha value is -2.70. The molecule has 138 valence electrons. The van der Waals surface area contributed by atoms with Gasteiger partial charge in [-0.25, -0.2) is 4.79 Å². The molecule has 3 heterocycles. The van der Waals surface area contributed by atoms with Crippen LogP contribution in [0, 0.1) is 0 Å². The summed E-state index contributed by atoms with van der Waals surface area (Å²) in [6.07, 6.45) is 1.84. The van der Waals surface area contributed by atoms with Crippen LogP contribution < -0.4 is 14.8 Å². The summed E-state index contributed by atoms with van der Waals surface area (Å²) in [4.78, 5) is 14.6. The summed E-state index contributed by atoms with van der Waals surface area (Å²) in [5.74, 6) is 2.49. The highest BCUT2D eigenvalue weighted by Crippen LogP contribution is 2.35. The first-order chi connectivity index (χ1) is 12.6. The topological polar surface area (TPSA) is 76.8 Å². The summed E-state index contributed by atoms with van der Waals surface area (Å²) in [7, 11) is 0. The van der Waals surface area contributed by atoms with Gasteiger partial charge in [0.15, 0.2) is 11.5 Å². The molecule has 2 amide bonds. The molecule has 1 aromatic heterocycles. The maximum atomic E-state index is 12.8. The fourth-order valence-corrected chi connectivity index (χ4v) is 3.37. The zero-order valence-electron chi connectivity index (χ0n) is 15.0. The minimum atomic E-state index is -0.140. The number of likely N-dealkylation sites (tertiary alicyclic amines) is 1. The van der Waals surface area contributed by atoms with Gasteiger partial charge in [-0.3, -0.25) is 0 Å². The van der Waals surface area contributed by atoms with Crippen molar-refractivity contribution in [1.29, 1.82) is 0 Å². The van der Waals surface area contributed by atoms with Gasteiger partial charge in [0.05, 0.1) is 6.04 Å². The maximum absolute atomic E-state index is 12.8. The lowest BCUT2D eigenvalue weighted by Crippen LogP contribution is -2.34. The number of aromatic nitrogens is 1. The number of benzene rings is 1. The van der Waals surface area contributed by atoms with E-state index in [-0.39, 0.29) is 18.0 Å². The average molecular weight is 357 g/mol. The van der Waals surface area contributed by atoms with E-state index in [1.807, 2.05) is 23.1 Å². The third-order valence-electron chi connectivity index (χ3n) is 4.76. The molecule has 4 rings (SSSR count). The van der Waals surface area contributed by atoms with Gasteiger partial charge >= 0.3 is 6.03 Å². The van der Waals surface area contributed by atoms with Crippen molar-refractivity contribution >= 4 is 11.7 Å². The third kappa shape index (κ3) is 3.21. The summed E-state index contributed by atoms with van der Waals surface area (Å²) in [6.45, 7) is 5.88. The molecular weight excluding hydrogens is 334 g/mol. The molecule has 0 bridgehead atoms. The van der Waals surface area contributed by atoms with Crippen LogP contribution in [0.25, 0.3) is 0 Å². The fraction of sp³-hybridized carbons (Fsp3) is 0.474. The first kappa shape index (κ1) is 16.8. The van der Waals surface area contributed by atoms with Gasteiger partial charge < -0.3 is 24.2 Å². The first-order valence-corrected chi connectivity index (χ1v) is 9.05. The van der Waals surface area contributed by atoms with Gasteiger partial charge in [0.2, 0.25) is 0 Å². The van der Waals surface area contributed by atoms with Gasteiger partial charge in [-0.1, -0.05) is 19.0 Å². The summed E-state index contributed by atoms with van der Waals surface area (Å²) in [5.41, 5.74) is 1.51. The predicted octanol–water partition coefficient (Wildman–Crippen LogP) is 3.94. The lowest BCUT2D eigenvalue weighted by Gasteiger charge is -2.24. The second-order valence-corrected chi connectivity index (χ2v) is 6.95. The van der Waals surface area contributed by atoms with Crippen molar-refractivity contribution in [3.05, 3.63) is 35.7 Å². The highest BCUT2D eigenvalue weighted by atomic mass is 16.6. The van der Waals surface area contributed by atoms with Crippen molar-refractivity contribution in [2.45, 2.75) is 38.6 Å². The molecule has 7 heteroatoms. The second-order valence-electron chi connectivity index (χ2n) is 6.95. The Labute approximate surface area is 152 Å². The van der Waals surface area contributed by atoms with E-state index in [0.29, 0.717) is 36.9 Å². The Bertz CT molecular complexity index is 802. The maximum Gasteiger partial charge on any atom is 0.322 e. The van der Waals surface area contributed by atoms with E-state index in [4.69, 9.17) is 14.0 Å². The van der Waals surface area contributed by atoms with Crippen LogP contribution in [0.3, 0.4) is 0 Å². The molecule has 7 nitrogen and oxygen atoms in total. The smallest absolute Gasteiger partial charge is 0.322 e. The Kier molecular flexibility index (Phi) is 4.44. The van der Waals surface area contributed by atoms with Crippen LogP contribution in [-0.4, -0.2) is 35.8 Å². The van der Waals surface area contributed by atoms with Gasteiger partial charge in [0.1, 0.15) is 24.7 Å². The molecule has 1 saturated heterocycles. The number of amides is 2. The zero-order chi connectivity index (χ0) is 18.1. The van der Waals surface area contributed by atoms with Crippen LogP contribution in [0.15, 0.2) is 28.8 Å². The van der Waals surface area contributed by atoms with E-state index in [1.54, 1.807) is 6.07 Å². The quantitative estimate of drug-likeness (QED) is 0.900. The Balaban J connectivity index is 1.48. The molecule has 1 fully saturated rings. The number of hydrogen-bond acceptors (Lipinski definition) is 5. The molecular formula is C19H23N3O4. The van der Waals surface area contributed by atoms with Gasteiger partial charge in [0.25, 0.3) is 0 Å². The highest BCUT2D eigenvalue weighted by Gasteiger charge is 2.32. The van der Waals surface area contributed by atoms with Crippen molar-refractivity contribution in [1.82, 2.24) is 10.1 Å². The summed E-state index contributed by atoms with van der Waals surface area (Å²) >= 11 is 0. The largest absolute Gasteiger partial charge is 0.486 e. The van der Waals surface area contributed by atoms with E-state index >= 15 is 0 Å². The van der Waals surface area contributed by atoms with E-state index in [1.165, 1.54) is 0 Å². The lowest BCUT2D eigenvalue weighted by molar-refractivity contribution is 0.171. The standard InChI is InChI=1S/C19H23N3O4/c1-12(2)17-11-14(21-26-17)15-4-3-7-22(15)19(23)20-13-5-6-16-18(10-13)25-9-8-24-16/h5-6,10-12,15H,3-4,7-9H2,1-2H3,(H,20,23)/t15-/m1/s1. The van der Waals surface area contributed by atoms with Gasteiger partial charge in [-0.05, 0) is 25.0 Å². The van der Waals surface area contributed by atoms with Crippen molar-refractivity contribution in [2.24, 2.45) is 0 Å². The normalized spacial score (nSPS) is 19.0. The number of nitrogens with zero attached hydrogens (tertiary/aromatic N) is 2. The van der Waals surface area contributed by atoms with Crippen LogP contribution in [-0.2, 0) is 0 Å². The zero-order valence-corrected chi connectivity index (χ0v) is 15.0. The third-order valence-corrected chi connectivity index (χ3v) is 4.76. The number of nitrogens with one attached hydrogen (secondary N) is 1. The van der Waals surface area contributed by atoms with Crippen LogP contribution in [0.5, 0.6) is 11.5 Å². The molecule has 2 aromatic rings. The number of ether oxygens (including phenoxy) is 2. The molecule has 2 aliphatic rings. The van der Waals surface area contributed by atoms with Crippen molar-refractivity contribution in [3.63, 3.8) is 0 Å². The lowest BCUT2D eigenvalue weighted by atomic mass is 10.1. The highest BCUT2D eigenvalue weighted by molar-refractivity contribution is 5.90. The van der Waals surface area contributed by atoms with E-state index < -0.39 is 0 Å². The van der Waals surface area contributed by atoms with E-state index in [0.717, 1.165) is 24.3 Å². The molecule has 26 heavy (non-hydrogen) atoms. The number of fused-ring (bicyclic) bond motifs is 1. The van der Waals surface area contributed by atoms with Gasteiger partial charge in [-0.15, -0.1) is 0 Å². The van der Waals surface area contributed by atoms with Crippen molar-refractivity contribution < 1.29 is 18.8 Å². The van der Waals surface area contributed by atoms with Crippen molar-refractivity contribution in [3.8, 4) is 11.5 Å². The summed E-state index contributed by atoms with van der Waals surface area (Å²) in [5, 5.41) is 7.14. The minimum absolute atomic E-state index is 0.0524. The minimum Gasteiger partial charge on any atom is -0.486 e. The number of carbonyl (C=O) groups excluding carboxylic acids is 1. The Morgan fingerprint density at radius 1 is 1.23 bits per heavy atom. The summed E-state index contributed by atoms with van der Waals surface area (Å²) in [6, 6.07) is 7.21. The predicted molar refractivity (Wildman–Crippen MR) is 95.7 cm³/mol. The van der Waals surface area contributed by atoms with Crippen LogP contribution in [0.1, 0.15) is 50.1 Å². The molecule has 1 aromatic carbocycles. The molecule has 2 aliphatic heterocycles. The van der Waals surface area contributed by atoms with Crippen molar-refractivity contribution in [2.75, 3.05) is 25.1 Å².